The molecule has 3 aromatic heterocycles. The number of para-hydroxylation sites is 1. The first-order valence-electron chi connectivity index (χ1n) is 11.5. The van der Waals surface area contributed by atoms with E-state index in [2.05, 4.69) is 27.2 Å². The highest BCUT2D eigenvalue weighted by molar-refractivity contribution is 6.04. The van der Waals surface area contributed by atoms with E-state index in [1.165, 1.54) is 9.08 Å². The maximum atomic E-state index is 13.9. The van der Waals surface area contributed by atoms with Crippen LogP contribution in [0.3, 0.4) is 0 Å². The molecule has 0 unspecified atom stereocenters. The van der Waals surface area contributed by atoms with Gasteiger partial charge in [0.2, 0.25) is 0 Å². The fraction of sp³-hybridized carbons (Fsp3) is 0.148. The molecule has 0 spiro atoms. The van der Waals surface area contributed by atoms with Crippen molar-refractivity contribution < 1.29 is 4.79 Å². The quantitative estimate of drug-likeness (QED) is 0.384. The molecule has 0 bridgehead atoms. The largest absolute Gasteiger partial charge is 0.381 e. The van der Waals surface area contributed by atoms with E-state index in [1.807, 2.05) is 49.4 Å². The molecule has 0 aliphatic heterocycles. The summed E-state index contributed by atoms with van der Waals surface area (Å²) in [6, 6.07) is 15.6. The second-order valence-corrected chi connectivity index (χ2v) is 8.14. The highest BCUT2D eigenvalue weighted by Crippen LogP contribution is 2.22. The van der Waals surface area contributed by atoms with Gasteiger partial charge in [-0.1, -0.05) is 43.0 Å². The average molecular weight is 478 g/mol. The Morgan fingerprint density at radius 2 is 1.94 bits per heavy atom. The molecule has 0 aliphatic rings. The number of carbonyl (C=O) groups excluding carboxylic acids is 1. The molecule has 0 saturated carbocycles. The lowest BCUT2D eigenvalue weighted by molar-refractivity contribution is 0.0940. The Morgan fingerprint density at radius 3 is 2.72 bits per heavy atom. The van der Waals surface area contributed by atoms with Crippen molar-refractivity contribution in [3.63, 3.8) is 0 Å². The third-order valence-electron chi connectivity index (χ3n) is 5.72. The molecule has 0 radical (unpaired) electrons. The van der Waals surface area contributed by atoms with Crippen molar-refractivity contribution in [1.82, 2.24) is 29.5 Å². The number of nitrogens with zero attached hydrogens (tertiary/aromatic N) is 5. The van der Waals surface area contributed by atoms with Gasteiger partial charge in [0.1, 0.15) is 11.4 Å². The van der Waals surface area contributed by atoms with Crippen molar-refractivity contribution in [2.45, 2.75) is 26.3 Å². The molecule has 3 N–H and O–H groups in total. The first-order valence-corrected chi connectivity index (χ1v) is 11.5. The van der Waals surface area contributed by atoms with E-state index in [0.717, 1.165) is 0 Å². The molecule has 0 saturated heterocycles. The van der Waals surface area contributed by atoms with Crippen LogP contribution in [-0.4, -0.2) is 30.1 Å². The number of hydrogen-bond acceptors (Lipinski definition) is 6. The first kappa shape index (κ1) is 22.8. The zero-order chi connectivity index (χ0) is 25.2. The monoisotopic (exact) mass is 477 g/mol. The first-order chi connectivity index (χ1) is 17.5. The summed E-state index contributed by atoms with van der Waals surface area (Å²) in [5, 5.41) is 7.51. The van der Waals surface area contributed by atoms with E-state index in [4.69, 9.17) is 10.7 Å². The second-order valence-electron chi connectivity index (χ2n) is 8.14. The molecular formula is C27H23N7O2. The van der Waals surface area contributed by atoms with Crippen molar-refractivity contribution in [2.24, 2.45) is 0 Å². The van der Waals surface area contributed by atoms with Gasteiger partial charge in [-0.05, 0) is 37.3 Å². The molecular weight excluding hydrogens is 454 g/mol. The van der Waals surface area contributed by atoms with Crippen LogP contribution in [0.4, 0.5) is 5.82 Å². The zero-order valence-electron chi connectivity index (χ0n) is 19.8. The smallest absolute Gasteiger partial charge is 0.267 e. The number of benzene rings is 2. The highest BCUT2D eigenvalue weighted by atomic mass is 16.2. The molecule has 5 aromatic rings. The Morgan fingerprint density at radius 1 is 1.14 bits per heavy atom. The second kappa shape index (κ2) is 9.35. The molecule has 0 fully saturated rings. The Balaban J connectivity index is 1.66. The number of nitrogens with one attached hydrogen (secondary N) is 1. The predicted octanol–water partition coefficient (Wildman–Crippen LogP) is 3.26. The fourth-order valence-electron chi connectivity index (χ4n) is 4.11. The number of fused-ring (bicyclic) bond motifs is 2. The summed E-state index contributed by atoms with van der Waals surface area (Å²) in [4.78, 5) is 36.2. The van der Waals surface area contributed by atoms with Crippen LogP contribution in [0, 0.1) is 11.8 Å². The van der Waals surface area contributed by atoms with E-state index in [0.29, 0.717) is 40.0 Å². The molecule has 5 rings (SSSR count). The van der Waals surface area contributed by atoms with Crippen LogP contribution in [0.15, 0.2) is 71.8 Å². The van der Waals surface area contributed by atoms with Crippen molar-refractivity contribution in [1.29, 1.82) is 0 Å². The Hall–Kier alpha value is -4.97. The minimum Gasteiger partial charge on any atom is -0.381 e. The molecule has 1 atom stereocenters. The maximum absolute atomic E-state index is 13.9. The van der Waals surface area contributed by atoms with Crippen molar-refractivity contribution >= 4 is 28.3 Å². The summed E-state index contributed by atoms with van der Waals surface area (Å²) in [6.07, 6.45) is 3.89. The molecule has 0 aliphatic carbocycles. The van der Waals surface area contributed by atoms with Crippen molar-refractivity contribution in [3.05, 3.63) is 94.3 Å². The number of nitrogens with two attached hydrogens (primary N) is 1. The van der Waals surface area contributed by atoms with E-state index < -0.39 is 11.9 Å². The predicted molar refractivity (Wildman–Crippen MR) is 138 cm³/mol. The molecule has 36 heavy (non-hydrogen) atoms. The van der Waals surface area contributed by atoms with Gasteiger partial charge < -0.3 is 11.1 Å². The van der Waals surface area contributed by atoms with Crippen LogP contribution >= 0.6 is 0 Å². The molecule has 3 heterocycles. The summed E-state index contributed by atoms with van der Waals surface area (Å²) in [7, 11) is 0. The van der Waals surface area contributed by atoms with Gasteiger partial charge in [-0.3, -0.25) is 14.2 Å². The maximum Gasteiger partial charge on any atom is 0.267 e. The number of carbonyl (C=O) groups is 1. The van der Waals surface area contributed by atoms with Crippen LogP contribution in [0.2, 0.25) is 0 Å². The number of anilines is 1. The topological polar surface area (TPSA) is 120 Å². The molecule has 178 valence electrons. The van der Waals surface area contributed by atoms with E-state index in [-0.39, 0.29) is 16.9 Å². The normalized spacial score (nSPS) is 11.7. The third kappa shape index (κ3) is 3.95. The molecule has 9 nitrogen and oxygen atoms in total. The minimum absolute atomic E-state index is 0.0597. The SMILES string of the molecule is CCC#Cc1cccc2nc([C@@H](C)NC(=O)c3c(N)nn4cccnc34)n(-c3ccccc3)c(=O)c12. The molecule has 9 heteroatoms. The van der Waals surface area contributed by atoms with Crippen molar-refractivity contribution in [3.8, 4) is 17.5 Å². The average Bonchev–Trinajstić information content (AvgIpc) is 3.23. The summed E-state index contributed by atoms with van der Waals surface area (Å²) < 4.78 is 2.96. The van der Waals surface area contributed by atoms with Crippen LogP contribution in [0.25, 0.3) is 22.2 Å². The fourth-order valence-corrected chi connectivity index (χ4v) is 4.11. The van der Waals surface area contributed by atoms with E-state index in [9.17, 15) is 9.59 Å². The lowest BCUT2D eigenvalue weighted by atomic mass is 10.1. The van der Waals surface area contributed by atoms with Gasteiger partial charge in [-0.15, -0.1) is 5.10 Å². The zero-order valence-corrected chi connectivity index (χ0v) is 19.8. The van der Waals surface area contributed by atoms with Gasteiger partial charge in [0.05, 0.1) is 22.6 Å². The Bertz CT molecular complexity index is 1730. The summed E-state index contributed by atoms with van der Waals surface area (Å²) in [6.45, 7) is 3.72. The number of aromatic nitrogens is 5. The highest BCUT2D eigenvalue weighted by Gasteiger charge is 2.24. The van der Waals surface area contributed by atoms with E-state index in [1.54, 1.807) is 31.5 Å². The van der Waals surface area contributed by atoms with Gasteiger partial charge in [-0.2, -0.15) is 0 Å². The summed E-state index contributed by atoms with van der Waals surface area (Å²) in [5.74, 6) is 6.07. The number of nitrogen functional groups attached to an aromatic ring is 1. The van der Waals surface area contributed by atoms with E-state index >= 15 is 0 Å². The van der Waals surface area contributed by atoms with Gasteiger partial charge >= 0.3 is 0 Å². The van der Waals surface area contributed by atoms with Crippen molar-refractivity contribution in [2.75, 3.05) is 5.73 Å². The van der Waals surface area contributed by atoms with Crippen LogP contribution in [-0.2, 0) is 0 Å². The van der Waals surface area contributed by atoms with Gasteiger partial charge in [0.25, 0.3) is 11.5 Å². The lowest BCUT2D eigenvalue weighted by Crippen LogP contribution is -2.33. The van der Waals surface area contributed by atoms with Gasteiger partial charge in [0, 0.05) is 24.4 Å². The minimum atomic E-state index is -0.654. The number of rotatable bonds is 4. The lowest BCUT2D eigenvalue weighted by Gasteiger charge is -2.20. The van der Waals surface area contributed by atoms with Crippen LogP contribution in [0.1, 0.15) is 48.1 Å². The van der Waals surface area contributed by atoms with Crippen LogP contribution < -0.4 is 16.6 Å². The molecule has 2 aromatic carbocycles. The Labute approximate surface area is 206 Å². The summed E-state index contributed by atoms with van der Waals surface area (Å²) in [5.41, 5.74) is 8.01. The van der Waals surface area contributed by atoms with Crippen LogP contribution in [0.5, 0.6) is 0 Å². The third-order valence-corrected chi connectivity index (χ3v) is 5.72. The number of amides is 1. The van der Waals surface area contributed by atoms with Gasteiger partial charge in [0.15, 0.2) is 11.5 Å². The Kier molecular flexibility index (Phi) is 5.92. The van der Waals surface area contributed by atoms with Gasteiger partial charge in [-0.25, -0.2) is 14.5 Å². The molecule has 1 amide bonds. The number of hydrogen-bond donors (Lipinski definition) is 2. The summed E-state index contributed by atoms with van der Waals surface area (Å²) >= 11 is 0. The standard InChI is InChI=1S/C27H23N7O2/c1-3-4-10-18-11-8-14-20-21(18)27(36)34(19-12-6-5-7-13-19)24(31-20)17(2)30-26(35)22-23(28)32-33-16-9-15-29-25(22)33/h5-9,11-17H,3H2,1-2H3,(H2,28,32)(H,30,35)/t17-/m1/s1.